The second-order valence-corrected chi connectivity index (χ2v) is 12.8. The van der Waals surface area contributed by atoms with Gasteiger partial charge in [-0.3, -0.25) is 4.79 Å². The summed E-state index contributed by atoms with van der Waals surface area (Å²) >= 11 is 0. The SMILES string of the molecule is CCCCCCCCCCCCCCCCO[C@@H](COC)[C@@H](C[P+](=O)CC[N+](C)(C)C)OC(C)=O. The molecule has 7 heteroatoms. The highest BCUT2D eigenvalue weighted by Crippen LogP contribution is 2.26. The second kappa shape index (κ2) is 22.6. The molecule has 0 bridgehead atoms. The summed E-state index contributed by atoms with van der Waals surface area (Å²) in [7, 11) is 6.39. The number of methoxy groups -OCH3 is 1. The van der Waals surface area contributed by atoms with Crippen LogP contribution in [0.3, 0.4) is 0 Å². The molecule has 0 N–H and O–H groups in total. The summed E-state index contributed by atoms with van der Waals surface area (Å²) in [5.41, 5.74) is 0. The third-order valence-corrected chi connectivity index (χ3v) is 7.76. The summed E-state index contributed by atoms with van der Waals surface area (Å²) in [6.07, 6.45) is 18.5. The van der Waals surface area contributed by atoms with Crippen molar-refractivity contribution in [1.29, 1.82) is 0 Å². The Kier molecular flexibility index (Phi) is 22.3. The molecular weight excluding hydrogens is 461 g/mol. The maximum atomic E-state index is 12.7. The van der Waals surface area contributed by atoms with Crippen molar-refractivity contribution in [3.63, 3.8) is 0 Å². The summed E-state index contributed by atoms with van der Waals surface area (Å²) in [6, 6.07) is 0. The van der Waals surface area contributed by atoms with E-state index in [0.717, 1.165) is 23.9 Å². The van der Waals surface area contributed by atoms with E-state index in [1.807, 2.05) is 0 Å². The van der Waals surface area contributed by atoms with Crippen LogP contribution in [0.5, 0.6) is 0 Å². The van der Waals surface area contributed by atoms with Crippen molar-refractivity contribution in [3.05, 3.63) is 0 Å². The lowest BCUT2D eigenvalue weighted by atomic mass is 10.0. The highest BCUT2D eigenvalue weighted by atomic mass is 31.1. The van der Waals surface area contributed by atoms with Crippen molar-refractivity contribution in [2.75, 3.05) is 60.3 Å². The van der Waals surface area contributed by atoms with Crippen LogP contribution in [0.25, 0.3) is 0 Å². The summed E-state index contributed by atoms with van der Waals surface area (Å²) in [5.74, 6) is -0.369. The van der Waals surface area contributed by atoms with Gasteiger partial charge in [-0.2, -0.15) is 0 Å². The molecule has 0 aromatic rings. The number of nitrogens with zero attached hydrogens (tertiary/aromatic N) is 1. The van der Waals surface area contributed by atoms with Crippen LogP contribution in [-0.4, -0.2) is 83.0 Å². The molecule has 1 unspecified atom stereocenters. The Morgan fingerprint density at radius 1 is 0.800 bits per heavy atom. The van der Waals surface area contributed by atoms with Gasteiger partial charge < -0.3 is 18.7 Å². The standard InChI is InChI=1S/C28H58NO5P/c1-7-8-9-10-11-12-13-14-15-16-17-18-19-20-22-33-27(24-32-6)28(34-26(2)30)25-35(31)23-21-29(3,4)5/h27-28H,7-25H2,1-6H3/q+2/t27-,28+/m0/s1. The van der Waals surface area contributed by atoms with E-state index >= 15 is 0 Å². The molecule has 0 fully saturated rings. The predicted molar refractivity (Wildman–Crippen MR) is 148 cm³/mol. The molecule has 208 valence electrons. The summed E-state index contributed by atoms with van der Waals surface area (Å²) in [6.45, 7) is 5.42. The van der Waals surface area contributed by atoms with Crippen molar-refractivity contribution >= 4 is 13.8 Å². The molecule has 0 aliphatic heterocycles. The number of carbonyl (C=O) groups excluding carboxylic acids is 1. The predicted octanol–water partition coefficient (Wildman–Crippen LogP) is 6.96. The fraction of sp³-hybridized carbons (Fsp3) is 0.964. The first-order valence-corrected chi connectivity index (χ1v) is 15.8. The highest BCUT2D eigenvalue weighted by Gasteiger charge is 2.34. The summed E-state index contributed by atoms with van der Waals surface area (Å²) in [4.78, 5) is 11.7. The molecule has 0 aliphatic rings. The Bertz CT molecular complexity index is 524. The molecule has 0 spiro atoms. The molecular formula is C28H58NO5P+2. The van der Waals surface area contributed by atoms with Gasteiger partial charge in [0.15, 0.2) is 18.4 Å². The Labute approximate surface area is 218 Å². The zero-order chi connectivity index (χ0) is 26.4. The van der Waals surface area contributed by atoms with E-state index in [-0.39, 0.29) is 12.1 Å². The van der Waals surface area contributed by atoms with Crippen LogP contribution in [0.15, 0.2) is 0 Å². The maximum absolute atomic E-state index is 12.7. The smallest absolute Gasteiger partial charge is 0.348 e. The van der Waals surface area contributed by atoms with Crippen LogP contribution in [0, 0.1) is 0 Å². The topological polar surface area (TPSA) is 61.8 Å². The first-order valence-electron chi connectivity index (χ1n) is 14.2. The number of hydrogen-bond acceptors (Lipinski definition) is 5. The van der Waals surface area contributed by atoms with Crippen LogP contribution in [-0.2, 0) is 23.6 Å². The second-order valence-electron chi connectivity index (χ2n) is 11.0. The van der Waals surface area contributed by atoms with Crippen molar-refractivity contribution in [3.8, 4) is 0 Å². The number of ether oxygens (including phenoxy) is 3. The molecule has 3 atom stereocenters. The quantitative estimate of drug-likeness (QED) is 0.0564. The summed E-state index contributed by atoms with van der Waals surface area (Å²) < 4.78 is 30.3. The Morgan fingerprint density at radius 2 is 1.29 bits per heavy atom. The lowest BCUT2D eigenvalue weighted by Gasteiger charge is -2.24. The van der Waals surface area contributed by atoms with Gasteiger partial charge in [-0.05, 0) is 6.42 Å². The normalized spacial score (nSPS) is 14.1. The van der Waals surface area contributed by atoms with E-state index in [9.17, 15) is 9.36 Å². The van der Waals surface area contributed by atoms with E-state index in [0.29, 0.717) is 25.5 Å². The fourth-order valence-corrected chi connectivity index (χ4v) is 5.82. The molecule has 0 saturated heterocycles. The maximum Gasteiger partial charge on any atom is 0.348 e. The number of rotatable bonds is 25. The zero-order valence-corrected chi connectivity index (χ0v) is 24.9. The zero-order valence-electron chi connectivity index (χ0n) is 24.0. The number of esters is 1. The van der Waals surface area contributed by atoms with Crippen LogP contribution in [0.2, 0.25) is 0 Å². The largest absolute Gasteiger partial charge is 0.455 e. The van der Waals surface area contributed by atoms with Crippen molar-refractivity contribution in [1.82, 2.24) is 0 Å². The Morgan fingerprint density at radius 3 is 1.71 bits per heavy atom. The molecule has 35 heavy (non-hydrogen) atoms. The monoisotopic (exact) mass is 519 g/mol. The van der Waals surface area contributed by atoms with Crippen molar-refractivity contribution < 1.29 is 28.1 Å². The fourth-order valence-electron chi connectivity index (χ4n) is 4.11. The van der Waals surface area contributed by atoms with E-state index in [4.69, 9.17) is 14.2 Å². The van der Waals surface area contributed by atoms with Gasteiger partial charge in [-0.1, -0.05) is 95.0 Å². The van der Waals surface area contributed by atoms with Crippen LogP contribution < -0.4 is 0 Å². The number of carbonyl (C=O) groups is 1. The van der Waals surface area contributed by atoms with E-state index in [1.54, 1.807) is 7.11 Å². The average molecular weight is 520 g/mol. The molecule has 0 radical (unpaired) electrons. The third kappa shape index (κ3) is 23.6. The molecule has 0 saturated carbocycles. The molecule has 0 rings (SSSR count). The highest BCUT2D eigenvalue weighted by molar-refractivity contribution is 7.44. The van der Waals surface area contributed by atoms with Gasteiger partial charge in [0.25, 0.3) is 0 Å². The molecule has 0 heterocycles. The van der Waals surface area contributed by atoms with E-state index in [2.05, 4.69) is 28.1 Å². The molecule has 0 amide bonds. The third-order valence-electron chi connectivity index (χ3n) is 6.30. The average Bonchev–Trinajstić information content (AvgIpc) is 2.78. The van der Waals surface area contributed by atoms with Gasteiger partial charge in [0.05, 0.1) is 27.7 Å². The van der Waals surface area contributed by atoms with Crippen LogP contribution >= 0.6 is 7.80 Å². The van der Waals surface area contributed by atoms with Crippen LogP contribution in [0.4, 0.5) is 0 Å². The van der Waals surface area contributed by atoms with Gasteiger partial charge in [0.1, 0.15) is 12.6 Å². The van der Waals surface area contributed by atoms with Gasteiger partial charge in [0.2, 0.25) is 0 Å². The molecule has 0 aromatic heterocycles. The lowest BCUT2D eigenvalue weighted by Crippen LogP contribution is -2.40. The van der Waals surface area contributed by atoms with Gasteiger partial charge in [-0.25, -0.2) is 0 Å². The van der Waals surface area contributed by atoms with Gasteiger partial charge in [-0.15, -0.1) is 0 Å². The summed E-state index contributed by atoms with van der Waals surface area (Å²) in [5, 5.41) is 0. The Hall–Kier alpha value is -0.550. The van der Waals surface area contributed by atoms with E-state index in [1.165, 1.54) is 84.0 Å². The number of hydrogen-bond donors (Lipinski definition) is 0. The minimum absolute atomic E-state index is 0.321. The van der Waals surface area contributed by atoms with Crippen molar-refractivity contribution in [2.24, 2.45) is 0 Å². The minimum Gasteiger partial charge on any atom is -0.455 e. The molecule has 0 aromatic carbocycles. The van der Waals surface area contributed by atoms with Crippen LogP contribution in [0.1, 0.15) is 104 Å². The van der Waals surface area contributed by atoms with Crippen molar-refractivity contribution in [2.45, 2.75) is 116 Å². The molecule has 0 aliphatic carbocycles. The first kappa shape index (κ1) is 34.5. The first-order chi connectivity index (χ1) is 16.7. The number of quaternary nitrogens is 1. The Balaban J connectivity index is 4.07. The van der Waals surface area contributed by atoms with E-state index < -0.39 is 13.9 Å². The van der Waals surface area contributed by atoms with Gasteiger partial charge in [0, 0.05) is 20.6 Å². The van der Waals surface area contributed by atoms with Gasteiger partial charge >= 0.3 is 13.8 Å². The minimum atomic E-state index is -1.48. The lowest BCUT2D eigenvalue weighted by molar-refractivity contribution is -0.867. The molecule has 6 nitrogen and oxygen atoms in total. The number of unbranched alkanes of at least 4 members (excludes halogenated alkanes) is 13.